The minimum Gasteiger partial charge on any atom is -0.496 e. The van der Waals surface area contributed by atoms with Gasteiger partial charge >= 0.3 is 0 Å². The molecule has 6 heteroatoms. The van der Waals surface area contributed by atoms with E-state index >= 15 is 0 Å². The van der Waals surface area contributed by atoms with E-state index in [1.807, 2.05) is 19.2 Å². The highest BCUT2D eigenvalue weighted by molar-refractivity contribution is 7.99. The van der Waals surface area contributed by atoms with Gasteiger partial charge in [0, 0.05) is 23.5 Å². The van der Waals surface area contributed by atoms with Gasteiger partial charge in [-0.1, -0.05) is 13.0 Å². The molecule has 2 aromatic rings. The molecule has 0 aliphatic rings. The minimum atomic E-state index is 0.215. The molecule has 108 valence electrons. The van der Waals surface area contributed by atoms with E-state index in [1.165, 1.54) is 0 Å². The smallest absolute Gasteiger partial charge is 0.190 e. The number of hydrogen-bond donors (Lipinski definition) is 1. The van der Waals surface area contributed by atoms with Crippen molar-refractivity contribution in [1.82, 2.24) is 20.1 Å². The van der Waals surface area contributed by atoms with E-state index in [-0.39, 0.29) is 6.04 Å². The van der Waals surface area contributed by atoms with Crippen molar-refractivity contribution >= 4 is 11.8 Å². The van der Waals surface area contributed by atoms with Gasteiger partial charge in [-0.3, -0.25) is 0 Å². The van der Waals surface area contributed by atoms with E-state index in [1.54, 1.807) is 29.9 Å². The first-order valence-electron chi connectivity index (χ1n) is 6.59. The summed E-state index contributed by atoms with van der Waals surface area (Å²) in [5, 5.41) is 8.40. The number of aromatic nitrogens is 3. The molecule has 1 heterocycles. The molecular formula is C14H20N4OS. The Hall–Kier alpha value is -1.53. The third kappa shape index (κ3) is 3.13. The lowest BCUT2D eigenvalue weighted by Crippen LogP contribution is -2.19. The molecule has 1 unspecified atom stereocenters. The van der Waals surface area contributed by atoms with Crippen LogP contribution in [-0.4, -0.2) is 28.4 Å². The lowest BCUT2D eigenvalue weighted by atomic mass is 10.1. The van der Waals surface area contributed by atoms with Crippen LogP contribution in [0, 0.1) is 0 Å². The maximum absolute atomic E-state index is 5.51. The van der Waals surface area contributed by atoms with E-state index in [9.17, 15) is 0 Å². The summed E-state index contributed by atoms with van der Waals surface area (Å²) in [6.07, 6.45) is 1.57. The summed E-state index contributed by atoms with van der Waals surface area (Å²) < 4.78 is 7.28. The maximum Gasteiger partial charge on any atom is 0.190 e. The van der Waals surface area contributed by atoms with Crippen molar-refractivity contribution in [3.05, 3.63) is 30.1 Å². The molecule has 0 bridgehead atoms. The summed E-state index contributed by atoms with van der Waals surface area (Å²) >= 11 is 1.60. The first-order valence-corrected chi connectivity index (χ1v) is 7.41. The van der Waals surface area contributed by atoms with Crippen molar-refractivity contribution < 1.29 is 4.74 Å². The SMILES string of the molecule is CCNC(C)c1c(OC)cccc1Sc1ncnn1C. The Balaban J connectivity index is 2.39. The van der Waals surface area contributed by atoms with Gasteiger partial charge in [0.05, 0.1) is 7.11 Å². The summed E-state index contributed by atoms with van der Waals surface area (Å²) in [5.74, 6) is 0.894. The van der Waals surface area contributed by atoms with Gasteiger partial charge in [-0.15, -0.1) is 0 Å². The number of rotatable bonds is 6. The number of nitrogens with zero attached hydrogens (tertiary/aromatic N) is 3. The standard InChI is InChI=1S/C14H20N4OS/c1-5-15-10(2)13-11(19-4)7-6-8-12(13)20-14-16-9-17-18(14)3/h6-10,15H,5H2,1-4H3. The van der Waals surface area contributed by atoms with Crippen LogP contribution in [0.1, 0.15) is 25.5 Å². The average Bonchev–Trinajstić information content (AvgIpc) is 2.84. The van der Waals surface area contributed by atoms with Crippen LogP contribution in [0.15, 0.2) is 34.6 Å². The summed E-state index contributed by atoms with van der Waals surface area (Å²) in [7, 11) is 3.59. The molecule has 2 rings (SSSR count). The molecule has 1 atom stereocenters. The van der Waals surface area contributed by atoms with Crippen LogP contribution in [0.3, 0.4) is 0 Å². The predicted molar refractivity (Wildman–Crippen MR) is 80.2 cm³/mol. The molecule has 5 nitrogen and oxygen atoms in total. The van der Waals surface area contributed by atoms with Crippen molar-refractivity contribution in [2.75, 3.05) is 13.7 Å². The van der Waals surface area contributed by atoms with Crippen LogP contribution < -0.4 is 10.1 Å². The molecule has 0 saturated heterocycles. The van der Waals surface area contributed by atoms with E-state index in [0.717, 1.165) is 27.9 Å². The zero-order valence-electron chi connectivity index (χ0n) is 12.3. The molecule has 0 fully saturated rings. The topological polar surface area (TPSA) is 52.0 Å². The Morgan fingerprint density at radius 1 is 1.45 bits per heavy atom. The maximum atomic E-state index is 5.51. The van der Waals surface area contributed by atoms with Crippen LogP contribution in [-0.2, 0) is 7.05 Å². The highest BCUT2D eigenvalue weighted by atomic mass is 32.2. The van der Waals surface area contributed by atoms with Crippen LogP contribution in [0.25, 0.3) is 0 Å². The molecule has 1 aromatic heterocycles. The molecule has 0 amide bonds. The lowest BCUT2D eigenvalue weighted by Gasteiger charge is -2.19. The van der Waals surface area contributed by atoms with Crippen molar-refractivity contribution in [2.24, 2.45) is 7.05 Å². The third-order valence-electron chi connectivity index (χ3n) is 3.06. The number of nitrogens with one attached hydrogen (secondary N) is 1. The van der Waals surface area contributed by atoms with Gasteiger partial charge in [-0.05, 0) is 37.4 Å². The number of benzene rings is 1. The Morgan fingerprint density at radius 2 is 2.25 bits per heavy atom. The quantitative estimate of drug-likeness (QED) is 0.887. The van der Waals surface area contributed by atoms with Crippen molar-refractivity contribution in [1.29, 1.82) is 0 Å². The van der Waals surface area contributed by atoms with Gasteiger partial charge in [-0.25, -0.2) is 9.67 Å². The zero-order valence-corrected chi connectivity index (χ0v) is 13.1. The first kappa shape index (κ1) is 14.9. The second kappa shape index (κ2) is 6.76. The molecule has 0 radical (unpaired) electrons. The van der Waals surface area contributed by atoms with Crippen LogP contribution in [0.5, 0.6) is 5.75 Å². The van der Waals surface area contributed by atoms with E-state index < -0.39 is 0 Å². The monoisotopic (exact) mass is 292 g/mol. The van der Waals surface area contributed by atoms with E-state index in [4.69, 9.17) is 4.74 Å². The van der Waals surface area contributed by atoms with Crippen molar-refractivity contribution in [2.45, 2.75) is 29.9 Å². The van der Waals surface area contributed by atoms with Gasteiger partial charge in [0.25, 0.3) is 0 Å². The normalized spacial score (nSPS) is 12.4. The predicted octanol–water partition coefficient (Wildman–Crippen LogP) is 2.65. The van der Waals surface area contributed by atoms with Crippen LogP contribution in [0.4, 0.5) is 0 Å². The highest BCUT2D eigenvalue weighted by Gasteiger charge is 2.17. The molecule has 0 saturated carbocycles. The van der Waals surface area contributed by atoms with Gasteiger partial charge < -0.3 is 10.1 Å². The van der Waals surface area contributed by atoms with Gasteiger partial charge in [-0.2, -0.15) is 5.10 Å². The zero-order chi connectivity index (χ0) is 14.5. The summed E-state index contributed by atoms with van der Waals surface area (Å²) in [5.41, 5.74) is 1.16. The van der Waals surface area contributed by atoms with Crippen LogP contribution in [0.2, 0.25) is 0 Å². The molecule has 0 aliphatic carbocycles. The molecule has 20 heavy (non-hydrogen) atoms. The molecule has 1 N–H and O–H groups in total. The second-order valence-electron chi connectivity index (χ2n) is 4.42. The van der Waals surface area contributed by atoms with E-state index in [0.29, 0.717) is 0 Å². The Labute approximate surface area is 123 Å². The Morgan fingerprint density at radius 3 is 2.85 bits per heavy atom. The molecule has 0 aliphatic heterocycles. The van der Waals surface area contributed by atoms with Crippen molar-refractivity contribution in [3.8, 4) is 5.75 Å². The fourth-order valence-corrected chi connectivity index (χ4v) is 3.11. The first-order chi connectivity index (χ1) is 9.67. The Kier molecular flexibility index (Phi) is 5.03. The summed E-state index contributed by atoms with van der Waals surface area (Å²) in [6, 6.07) is 6.29. The number of methoxy groups -OCH3 is 1. The minimum absolute atomic E-state index is 0.215. The number of ether oxygens (including phenoxy) is 1. The van der Waals surface area contributed by atoms with Gasteiger partial charge in [0.15, 0.2) is 5.16 Å². The van der Waals surface area contributed by atoms with Crippen molar-refractivity contribution in [3.63, 3.8) is 0 Å². The lowest BCUT2D eigenvalue weighted by molar-refractivity contribution is 0.400. The summed E-state index contributed by atoms with van der Waals surface area (Å²) in [6.45, 7) is 5.15. The number of hydrogen-bond acceptors (Lipinski definition) is 5. The van der Waals surface area contributed by atoms with Gasteiger partial charge in [0.1, 0.15) is 12.1 Å². The fraction of sp³-hybridized carbons (Fsp3) is 0.429. The number of aryl methyl sites for hydroxylation is 1. The average molecular weight is 292 g/mol. The largest absolute Gasteiger partial charge is 0.496 e. The summed E-state index contributed by atoms with van der Waals surface area (Å²) in [4.78, 5) is 5.40. The highest BCUT2D eigenvalue weighted by Crippen LogP contribution is 2.37. The Bertz CT molecular complexity index is 570. The second-order valence-corrected chi connectivity index (χ2v) is 5.43. The molecule has 0 spiro atoms. The molecular weight excluding hydrogens is 272 g/mol. The van der Waals surface area contributed by atoms with E-state index in [2.05, 4.69) is 35.3 Å². The van der Waals surface area contributed by atoms with Gasteiger partial charge in [0.2, 0.25) is 0 Å². The van der Waals surface area contributed by atoms with Crippen LogP contribution >= 0.6 is 11.8 Å². The molecule has 1 aromatic carbocycles. The fourth-order valence-electron chi connectivity index (χ4n) is 2.10. The third-order valence-corrected chi connectivity index (χ3v) is 4.19.